The third-order valence-electron chi connectivity index (χ3n) is 11.1. The van der Waals surface area contributed by atoms with Crippen LogP contribution in [0.3, 0.4) is 0 Å². The zero-order chi connectivity index (χ0) is 41.5. The van der Waals surface area contributed by atoms with Crippen molar-refractivity contribution in [2.45, 2.75) is 61.5 Å². The molecule has 3 aliphatic heterocycles. The second kappa shape index (κ2) is 19.0. The van der Waals surface area contributed by atoms with E-state index in [1.807, 2.05) is 97.1 Å². The van der Waals surface area contributed by atoms with E-state index in [9.17, 15) is 9.59 Å². The molecule has 1 aromatic heterocycles. The molecule has 0 saturated carbocycles. The van der Waals surface area contributed by atoms with Crippen LogP contribution in [0.5, 0.6) is 11.5 Å². The van der Waals surface area contributed by atoms with Crippen LogP contribution in [0.25, 0.3) is 0 Å². The number of nitrogens with one attached hydrogen (secondary N) is 1. The fraction of sp³-hybridized carbons (Fsp3) is 0.356. The number of aromatic nitrogens is 2. The zero-order valence-corrected chi connectivity index (χ0v) is 34.2. The lowest BCUT2D eigenvalue weighted by molar-refractivity contribution is -0.137. The van der Waals surface area contributed by atoms with Crippen molar-refractivity contribution < 1.29 is 37.5 Å². The summed E-state index contributed by atoms with van der Waals surface area (Å²) in [7, 11) is 1.58. The molecule has 1 N–H and O–H groups in total. The molecule has 0 aliphatic carbocycles. The molecule has 312 valence electrons. The summed E-state index contributed by atoms with van der Waals surface area (Å²) in [5.41, 5.74) is 1.10. The Hall–Kier alpha value is -5.20. The second-order valence-electron chi connectivity index (χ2n) is 14.6. The van der Waals surface area contributed by atoms with E-state index in [2.05, 4.69) is 27.9 Å². The van der Waals surface area contributed by atoms with Crippen molar-refractivity contribution in [2.24, 2.45) is 0 Å². The van der Waals surface area contributed by atoms with Gasteiger partial charge in [0.25, 0.3) is 14.1 Å². The van der Waals surface area contributed by atoms with Crippen LogP contribution in [0.2, 0.25) is 0 Å². The van der Waals surface area contributed by atoms with E-state index >= 15 is 0 Å². The van der Waals surface area contributed by atoms with Gasteiger partial charge < -0.3 is 37.5 Å². The highest BCUT2D eigenvalue weighted by Gasteiger charge is 2.54. The Bertz CT molecular complexity index is 2280. The molecule has 7 atom stereocenters. The van der Waals surface area contributed by atoms with Gasteiger partial charge >= 0.3 is 5.69 Å². The Balaban J connectivity index is 1.21. The van der Waals surface area contributed by atoms with E-state index in [4.69, 9.17) is 42.7 Å². The van der Waals surface area contributed by atoms with E-state index in [-0.39, 0.29) is 38.6 Å². The van der Waals surface area contributed by atoms with Crippen molar-refractivity contribution >= 4 is 8.53 Å². The number of fused-ring (bicyclic) bond motifs is 1. The summed E-state index contributed by atoms with van der Waals surface area (Å²) in [6, 6.07) is 38.9. The lowest BCUT2D eigenvalue weighted by atomic mass is 9.80. The number of H-pyrrole nitrogens is 1. The van der Waals surface area contributed by atoms with Crippen molar-refractivity contribution in [3.8, 4) is 17.6 Å². The largest absolute Gasteiger partial charge is 0.497 e. The number of aromatic amines is 1. The molecule has 3 saturated heterocycles. The summed E-state index contributed by atoms with van der Waals surface area (Å²) in [6.07, 6.45) is -0.521. The fourth-order valence-electron chi connectivity index (χ4n) is 8.21. The van der Waals surface area contributed by atoms with Crippen LogP contribution in [0.1, 0.15) is 53.8 Å². The first-order valence-corrected chi connectivity index (χ1v) is 21.0. The smallest absolute Gasteiger partial charge is 0.330 e. The van der Waals surface area contributed by atoms with Gasteiger partial charge in [-0.3, -0.25) is 14.3 Å². The maximum absolute atomic E-state index is 13.5. The predicted octanol–water partition coefficient (Wildman–Crippen LogP) is 6.58. The molecule has 5 aromatic rings. The Morgan fingerprint density at radius 2 is 1.50 bits per heavy atom. The predicted molar refractivity (Wildman–Crippen MR) is 221 cm³/mol. The topological polar surface area (TPSA) is 156 Å². The molecule has 60 heavy (non-hydrogen) atoms. The van der Waals surface area contributed by atoms with Gasteiger partial charge in [-0.2, -0.15) is 5.26 Å². The van der Waals surface area contributed by atoms with Gasteiger partial charge in [-0.1, -0.05) is 84.9 Å². The number of hydrogen-bond donors (Lipinski definition) is 1. The quantitative estimate of drug-likeness (QED) is 0.0466. The van der Waals surface area contributed by atoms with Crippen LogP contribution in [-0.4, -0.2) is 79.3 Å². The average Bonchev–Trinajstić information content (AvgIpc) is 4.00. The molecule has 0 radical (unpaired) electrons. The maximum Gasteiger partial charge on any atom is 0.330 e. The van der Waals surface area contributed by atoms with Crippen LogP contribution in [0.4, 0.5) is 0 Å². The van der Waals surface area contributed by atoms with E-state index in [0.717, 1.165) is 41.6 Å². The highest BCUT2D eigenvalue weighted by molar-refractivity contribution is 7.45. The van der Waals surface area contributed by atoms with Crippen LogP contribution in [0, 0.1) is 11.3 Å². The number of nitriles is 1. The van der Waals surface area contributed by atoms with Gasteiger partial charge in [0.1, 0.15) is 48.3 Å². The van der Waals surface area contributed by atoms with Crippen molar-refractivity contribution in [3.05, 3.63) is 165 Å². The van der Waals surface area contributed by atoms with Crippen molar-refractivity contribution in [3.63, 3.8) is 0 Å². The molecule has 4 heterocycles. The van der Waals surface area contributed by atoms with E-state index in [1.54, 1.807) is 14.2 Å². The van der Waals surface area contributed by atoms with E-state index in [0.29, 0.717) is 11.5 Å². The number of methoxy groups -OCH3 is 2. The lowest BCUT2D eigenvalue weighted by Crippen LogP contribution is -2.42. The molecule has 3 aliphatic rings. The summed E-state index contributed by atoms with van der Waals surface area (Å²) in [5, 5.41) is 9.14. The Morgan fingerprint density at radius 3 is 2.13 bits per heavy atom. The molecule has 0 amide bonds. The van der Waals surface area contributed by atoms with Gasteiger partial charge in [0.2, 0.25) is 0 Å². The van der Waals surface area contributed by atoms with Crippen molar-refractivity contribution in [2.75, 3.05) is 40.8 Å². The first kappa shape index (κ1) is 41.5. The number of benzene rings is 4. The first-order valence-electron chi connectivity index (χ1n) is 19.9. The van der Waals surface area contributed by atoms with Crippen LogP contribution in [-0.2, 0) is 33.6 Å². The van der Waals surface area contributed by atoms with Gasteiger partial charge in [0.05, 0.1) is 39.9 Å². The minimum Gasteiger partial charge on any atom is -0.497 e. The standard InChI is InChI=1S/C45H47N4O10P/c1-52-35-20-16-33(17-21-35)45(32-13-7-4-8-14-32,34-18-22-36(53-2)23-19-34)56-29-38-41(59-60-49-26-9-15-37(49)40(58-60)31-11-5-3-6-12-31)42(55-30-54-28-10-25-46)43(57-38)48-27-24-39(50)47-44(48)51/h3-8,11-14,16-24,27,37-38,40-43H,9-10,15,26,28-30H2,1-2H3,(H,47,50,51)/t37-,38-,40+,41-,42-,43-,60-/m1/s1. The fourth-order valence-corrected chi connectivity index (χ4v) is 10.2. The van der Waals surface area contributed by atoms with Crippen molar-refractivity contribution in [1.29, 1.82) is 5.26 Å². The molecule has 4 aromatic carbocycles. The summed E-state index contributed by atoms with van der Waals surface area (Å²) in [4.78, 5) is 28.1. The van der Waals surface area contributed by atoms with E-state index < -0.39 is 49.9 Å². The molecule has 0 bridgehead atoms. The zero-order valence-electron chi connectivity index (χ0n) is 33.3. The first-order chi connectivity index (χ1) is 29.4. The monoisotopic (exact) mass is 834 g/mol. The third-order valence-corrected chi connectivity index (χ3v) is 12.9. The lowest BCUT2D eigenvalue weighted by Gasteiger charge is -2.37. The average molecular weight is 835 g/mol. The second-order valence-corrected chi connectivity index (χ2v) is 16.0. The number of hydrogen-bond acceptors (Lipinski definition) is 12. The Morgan fingerprint density at radius 1 is 0.850 bits per heavy atom. The summed E-state index contributed by atoms with van der Waals surface area (Å²) in [5.74, 6) is 1.37. The summed E-state index contributed by atoms with van der Waals surface area (Å²) >= 11 is 0. The number of ether oxygens (including phenoxy) is 6. The molecule has 15 heteroatoms. The maximum atomic E-state index is 13.5. The molecular formula is C45H47N4O10P. The van der Waals surface area contributed by atoms with Gasteiger partial charge in [0, 0.05) is 24.8 Å². The highest BCUT2D eigenvalue weighted by Crippen LogP contribution is 2.62. The van der Waals surface area contributed by atoms with Crippen LogP contribution < -0.4 is 20.7 Å². The van der Waals surface area contributed by atoms with Gasteiger partial charge in [0.15, 0.2) is 6.23 Å². The Labute approximate surface area is 349 Å². The highest BCUT2D eigenvalue weighted by atomic mass is 31.2. The minimum atomic E-state index is -1.66. The van der Waals surface area contributed by atoms with Gasteiger partial charge in [-0.25, -0.2) is 9.46 Å². The van der Waals surface area contributed by atoms with Gasteiger partial charge in [-0.15, -0.1) is 0 Å². The summed E-state index contributed by atoms with van der Waals surface area (Å²) < 4.78 is 54.9. The normalized spacial score (nSPS) is 23.9. The van der Waals surface area contributed by atoms with Gasteiger partial charge in [-0.05, 0) is 59.4 Å². The Kier molecular flexibility index (Phi) is 13.2. The minimum absolute atomic E-state index is 0.0594. The molecule has 0 unspecified atom stereocenters. The third kappa shape index (κ3) is 8.54. The molecule has 14 nitrogen and oxygen atoms in total. The SMILES string of the molecule is COc1ccc(C(OC[C@H]2O[C@@H](n3ccc(=O)[nH]c3=O)[C@H](OCOCCC#N)[C@@H]2O[P@@]2O[C@@H](c3ccccc3)[C@H]3CCCN32)(c2ccccc2)c2ccc(OC)cc2)cc1. The molecule has 3 fully saturated rings. The summed E-state index contributed by atoms with van der Waals surface area (Å²) in [6.45, 7) is 0.641. The van der Waals surface area contributed by atoms with Crippen molar-refractivity contribution in [1.82, 2.24) is 14.2 Å². The molecule has 0 spiro atoms. The van der Waals surface area contributed by atoms with E-state index in [1.165, 1.54) is 16.8 Å². The molecular weight excluding hydrogens is 787 g/mol. The number of nitrogens with zero attached hydrogens (tertiary/aromatic N) is 3. The van der Waals surface area contributed by atoms with Crippen LogP contribution in [0.15, 0.2) is 131 Å². The van der Waals surface area contributed by atoms with Crippen LogP contribution >= 0.6 is 8.53 Å². The number of rotatable bonds is 17. The molecule has 8 rings (SSSR count).